The molecular formula is C16H20N4O3S. The van der Waals surface area contributed by atoms with Crippen LogP contribution in [0.15, 0.2) is 33.9 Å². The summed E-state index contributed by atoms with van der Waals surface area (Å²) in [7, 11) is 0. The molecule has 1 heterocycles. The fourth-order valence-electron chi connectivity index (χ4n) is 1.82. The van der Waals surface area contributed by atoms with Gasteiger partial charge < -0.3 is 9.73 Å². The summed E-state index contributed by atoms with van der Waals surface area (Å²) in [5.74, 6) is -0.0309. The van der Waals surface area contributed by atoms with E-state index in [2.05, 4.69) is 20.8 Å². The van der Waals surface area contributed by atoms with Gasteiger partial charge in [0.2, 0.25) is 11.8 Å². The molecule has 0 aliphatic heterocycles. The molecule has 2 rings (SSSR count). The fourth-order valence-corrected chi connectivity index (χ4v) is 2.39. The van der Waals surface area contributed by atoms with Gasteiger partial charge in [-0.1, -0.05) is 29.5 Å². The van der Waals surface area contributed by atoms with E-state index >= 15 is 0 Å². The summed E-state index contributed by atoms with van der Waals surface area (Å²) >= 11 is 1.08. The number of hydrogen-bond acceptors (Lipinski definition) is 6. The standard InChI is InChI=1S/C16H20N4O3S/c1-10-6-5-7-11(8-10)13-19-20-15(23-13)24-9-12(21)17-14(22)18-16(2,3)4/h5-8H,9H2,1-4H3,(H2,17,18,21,22). The normalized spacial score (nSPS) is 11.2. The maximum atomic E-state index is 11.8. The molecular weight excluding hydrogens is 328 g/mol. The number of carbonyl (C=O) groups excluding carboxylic acids is 2. The van der Waals surface area contributed by atoms with Crippen LogP contribution in [0.3, 0.4) is 0 Å². The SMILES string of the molecule is Cc1cccc(-c2nnc(SCC(=O)NC(=O)NC(C)(C)C)o2)c1. The van der Waals surface area contributed by atoms with E-state index in [1.54, 1.807) is 0 Å². The van der Waals surface area contributed by atoms with Crippen LogP contribution in [-0.2, 0) is 4.79 Å². The number of urea groups is 1. The van der Waals surface area contributed by atoms with E-state index < -0.39 is 17.5 Å². The van der Waals surface area contributed by atoms with Gasteiger partial charge in [0, 0.05) is 11.1 Å². The van der Waals surface area contributed by atoms with Gasteiger partial charge in [0.15, 0.2) is 0 Å². The van der Waals surface area contributed by atoms with Crippen molar-refractivity contribution in [2.75, 3.05) is 5.75 Å². The lowest BCUT2D eigenvalue weighted by atomic mass is 10.1. The van der Waals surface area contributed by atoms with Gasteiger partial charge in [0.25, 0.3) is 5.22 Å². The summed E-state index contributed by atoms with van der Waals surface area (Å²) in [6, 6.07) is 7.16. The second-order valence-corrected chi connectivity index (χ2v) is 7.21. The molecule has 0 aliphatic rings. The van der Waals surface area contributed by atoms with Gasteiger partial charge in [-0.05, 0) is 39.8 Å². The van der Waals surface area contributed by atoms with Crippen molar-refractivity contribution in [2.24, 2.45) is 0 Å². The van der Waals surface area contributed by atoms with Gasteiger partial charge in [-0.3, -0.25) is 10.1 Å². The second kappa shape index (κ2) is 7.48. The quantitative estimate of drug-likeness (QED) is 0.825. The highest BCUT2D eigenvalue weighted by atomic mass is 32.2. The Labute approximate surface area is 144 Å². The zero-order valence-electron chi connectivity index (χ0n) is 14.0. The summed E-state index contributed by atoms with van der Waals surface area (Å²) in [6.07, 6.45) is 0. The molecule has 0 atom stereocenters. The first-order valence-corrected chi connectivity index (χ1v) is 8.37. The van der Waals surface area contributed by atoms with Crippen molar-refractivity contribution in [1.29, 1.82) is 0 Å². The first-order valence-electron chi connectivity index (χ1n) is 7.38. The Morgan fingerprint density at radius 3 is 2.67 bits per heavy atom. The molecule has 8 heteroatoms. The van der Waals surface area contributed by atoms with Crippen LogP contribution in [0.5, 0.6) is 0 Å². The Morgan fingerprint density at radius 2 is 2.00 bits per heavy atom. The Bertz CT molecular complexity index is 737. The first-order chi connectivity index (χ1) is 11.2. The van der Waals surface area contributed by atoms with Crippen LogP contribution in [0.1, 0.15) is 26.3 Å². The van der Waals surface area contributed by atoms with Crippen molar-refractivity contribution in [3.05, 3.63) is 29.8 Å². The van der Waals surface area contributed by atoms with Gasteiger partial charge in [-0.25, -0.2) is 4.79 Å². The molecule has 0 unspecified atom stereocenters. The number of nitrogens with one attached hydrogen (secondary N) is 2. The minimum absolute atomic E-state index is 0.00696. The number of rotatable bonds is 4. The van der Waals surface area contributed by atoms with Crippen molar-refractivity contribution in [3.8, 4) is 11.5 Å². The summed E-state index contributed by atoms with van der Waals surface area (Å²) in [4.78, 5) is 23.3. The van der Waals surface area contributed by atoms with Crippen molar-refractivity contribution in [1.82, 2.24) is 20.8 Å². The van der Waals surface area contributed by atoms with Crippen LogP contribution in [0, 0.1) is 6.92 Å². The molecule has 0 saturated carbocycles. The minimum atomic E-state index is -0.529. The van der Waals surface area contributed by atoms with Gasteiger partial charge in [-0.2, -0.15) is 0 Å². The number of benzene rings is 1. The Hall–Kier alpha value is -2.35. The van der Waals surface area contributed by atoms with E-state index in [1.807, 2.05) is 52.0 Å². The molecule has 2 aromatic rings. The molecule has 24 heavy (non-hydrogen) atoms. The number of aromatic nitrogens is 2. The number of aryl methyl sites for hydroxylation is 1. The molecule has 0 fully saturated rings. The van der Waals surface area contributed by atoms with Crippen LogP contribution in [0.4, 0.5) is 4.79 Å². The third kappa shape index (κ3) is 5.69. The van der Waals surface area contributed by atoms with Crippen LogP contribution < -0.4 is 10.6 Å². The van der Waals surface area contributed by atoms with Crippen molar-refractivity contribution < 1.29 is 14.0 Å². The number of imide groups is 1. The number of thioether (sulfide) groups is 1. The predicted molar refractivity (Wildman–Crippen MR) is 91.6 cm³/mol. The van der Waals surface area contributed by atoms with E-state index in [9.17, 15) is 9.59 Å². The smallest absolute Gasteiger partial charge is 0.321 e. The number of hydrogen-bond donors (Lipinski definition) is 2. The van der Waals surface area contributed by atoms with Gasteiger partial charge in [0.1, 0.15) is 0 Å². The molecule has 7 nitrogen and oxygen atoms in total. The molecule has 0 radical (unpaired) electrons. The minimum Gasteiger partial charge on any atom is -0.411 e. The summed E-state index contributed by atoms with van der Waals surface area (Å²) in [6.45, 7) is 7.47. The first kappa shape index (κ1) is 18.0. The Morgan fingerprint density at radius 1 is 1.25 bits per heavy atom. The van der Waals surface area contributed by atoms with Crippen LogP contribution in [-0.4, -0.2) is 33.4 Å². The average molecular weight is 348 g/mol. The van der Waals surface area contributed by atoms with Crippen LogP contribution in [0.25, 0.3) is 11.5 Å². The summed E-state index contributed by atoms with van der Waals surface area (Å²) < 4.78 is 5.52. The molecule has 0 aliphatic carbocycles. The van der Waals surface area contributed by atoms with Crippen LogP contribution >= 0.6 is 11.8 Å². The Balaban J connectivity index is 1.87. The van der Waals surface area contributed by atoms with Gasteiger partial charge >= 0.3 is 6.03 Å². The molecule has 1 aromatic heterocycles. The lowest BCUT2D eigenvalue weighted by Crippen LogP contribution is -2.48. The summed E-state index contributed by atoms with van der Waals surface area (Å²) in [5.41, 5.74) is 1.50. The van der Waals surface area contributed by atoms with E-state index in [0.717, 1.165) is 22.9 Å². The molecule has 0 bridgehead atoms. The molecule has 0 spiro atoms. The third-order valence-electron chi connectivity index (χ3n) is 2.74. The fraction of sp³-hybridized carbons (Fsp3) is 0.375. The molecule has 2 N–H and O–H groups in total. The zero-order valence-corrected chi connectivity index (χ0v) is 14.9. The van der Waals surface area contributed by atoms with E-state index in [-0.39, 0.29) is 11.0 Å². The lowest BCUT2D eigenvalue weighted by Gasteiger charge is -2.20. The van der Waals surface area contributed by atoms with E-state index in [4.69, 9.17) is 4.42 Å². The molecule has 0 saturated heterocycles. The van der Waals surface area contributed by atoms with Crippen molar-refractivity contribution in [3.63, 3.8) is 0 Å². The monoisotopic (exact) mass is 348 g/mol. The topological polar surface area (TPSA) is 97.1 Å². The molecule has 128 valence electrons. The van der Waals surface area contributed by atoms with E-state index in [1.165, 1.54) is 0 Å². The number of carbonyl (C=O) groups is 2. The van der Waals surface area contributed by atoms with E-state index in [0.29, 0.717) is 5.89 Å². The number of amides is 3. The second-order valence-electron chi connectivity index (χ2n) is 6.28. The van der Waals surface area contributed by atoms with Crippen molar-refractivity contribution >= 4 is 23.7 Å². The molecule has 1 aromatic carbocycles. The predicted octanol–water partition coefficient (Wildman–Crippen LogP) is 2.76. The van der Waals surface area contributed by atoms with Gasteiger partial charge in [-0.15, -0.1) is 10.2 Å². The average Bonchev–Trinajstić information content (AvgIpc) is 2.92. The maximum absolute atomic E-state index is 11.8. The lowest BCUT2D eigenvalue weighted by molar-refractivity contribution is -0.117. The van der Waals surface area contributed by atoms with Crippen LogP contribution in [0.2, 0.25) is 0 Å². The highest BCUT2D eigenvalue weighted by Crippen LogP contribution is 2.23. The highest BCUT2D eigenvalue weighted by Gasteiger charge is 2.17. The number of nitrogens with zero attached hydrogens (tertiary/aromatic N) is 2. The molecule has 3 amide bonds. The van der Waals surface area contributed by atoms with Crippen molar-refractivity contribution in [2.45, 2.75) is 38.5 Å². The summed E-state index contributed by atoms with van der Waals surface area (Å²) in [5, 5.41) is 13.0. The zero-order chi connectivity index (χ0) is 17.7. The highest BCUT2D eigenvalue weighted by molar-refractivity contribution is 7.99. The van der Waals surface area contributed by atoms with Gasteiger partial charge in [0.05, 0.1) is 5.75 Å². The maximum Gasteiger partial charge on any atom is 0.321 e. The Kier molecular flexibility index (Phi) is 5.61. The third-order valence-corrected chi connectivity index (χ3v) is 3.56. The largest absolute Gasteiger partial charge is 0.411 e.